The van der Waals surface area contributed by atoms with Gasteiger partial charge in [0.05, 0.1) is 6.61 Å². The van der Waals surface area contributed by atoms with Crippen LogP contribution in [0.3, 0.4) is 0 Å². The third-order valence-corrected chi connectivity index (χ3v) is 4.11. The average Bonchev–Trinajstić information content (AvgIpc) is 2.49. The summed E-state index contributed by atoms with van der Waals surface area (Å²) in [5, 5.41) is 12.4. The molecule has 1 aromatic carbocycles. The molecule has 0 heterocycles. The van der Waals surface area contributed by atoms with E-state index in [2.05, 4.69) is 5.32 Å². The molecule has 0 saturated carbocycles. The number of thiocarbonyl (C=S) groups is 1. The molecule has 0 spiro atoms. The zero-order valence-electron chi connectivity index (χ0n) is 11.5. The first-order valence-corrected chi connectivity index (χ1v) is 8.30. The number of thioether (sulfide) groups is 1. The second-order valence-electron chi connectivity index (χ2n) is 4.16. The fraction of sp³-hybridized carbons (Fsp3) is 0.429. The number of aliphatic hydroxyl groups excluding tert-OH is 1. The average molecular weight is 348 g/mol. The molecule has 4 nitrogen and oxygen atoms in total. The van der Waals surface area contributed by atoms with Gasteiger partial charge in [0, 0.05) is 23.7 Å². The smallest absolute Gasteiger partial charge is 0.305 e. The summed E-state index contributed by atoms with van der Waals surface area (Å²) < 4.78 is 5.46. The van der Waals surface area contributed by atoms with Crippen molar-refractivity contribution in [2.75, 3.05) is 19.0 Å². The Labute approximate surface area is 139 Å². The summed E-state index contributed by atoms with van der Waals surface area (Å²) in [6.07, 6.45) is 1.03. The fourth-order valence-electron chi connectivity index (χ4n) is 1.44. The molecule has 116 valence electrons. The van der Waals surface area contributed by atoms with Gasteiger partial charge in [-0.05, 0) is 24.1 Å². The third kappa shape index (κ3) is 8.93. The molecule has 0 aliphatic heterocycles. The summed E-state index contributed by atoms with van der Waals surface area (Å²) in [7, 11) is 0. The first kappa shape index (κ1) is 18.2. The van der Waals surface area contributed by atoms with Crippen molar-refractivity contribution in [3.05, 3.63) is 34.9 Å². The molecule has 1 rings (SSSR count). The normalized spacial score (nSPS) is 10.2. The predicted molar refractivity (Wildman–Crippen MR) is 90.6 cm³/mol. The van der Waals surface area contributed by atoms with Crippen LogP contribution in [0.5, 0.6) is 0 Å². The Morgan fingerprint density at radius 3 is 2.76 bits per heavy atom. The minimum absolute atomic E-state index is 0.0625. The molecule has 0 fully saturated rings. The molecule has 0 radical (unpaired) electrons. The van der Waals surface area contributed by atoms with E-state index in [4.69, 9.17) is 33.7 Å². The van der Waals surface area contributed by atoms with Crippen molar-refractivity contribution in [3.63, 3.8) is 0 Å². The zero-order valence-corrected chi connectivity index (χ0v) is 13.9. The Morgan fingerprint density at radius 1 is 1.38 bits per heavy atom. The van der Waals surface area contributed by atoms with E-state index in [1.165, 1.54) is 11.8 Å². The molecular formula is C14H18ClNO3S2. The minimum Gasteiger partial charge on any atom is -0.463 e. The second-order valence-corrected chi connectivity index (χ2v) is 6.37. The van der Waals surface area contributed by atoms with E-state index < -0.39 is 0 Å². The molecule has 0 aliphatic carbocycles. The van der Waals surface area contributed by atoms with E-state index in [1.54, 1.807) is 0 Å². The van der Waals surface area contributed by atoms with E-state index in [-0.39, 0.29) is 19.2 Å². The van der Waals surface area contributed by atoms with Gasteiger partial charge in [0.25, 0.3) is 0 Å². The molecule has 0 unspecified atom stereocenters. The Kier molecular flexibility index (Phi) is 9.41. The number of nitrogens with one attached hydrogen (secondary N) is 1. The molecule has 1 aromatic rings. The van der Waals surface area contributed by atoms with Crippen molar-refractivity contribution in [1.82, 2.24) is 5.32 Å². The Morgan fingerprint density at radius 2 is 2.10 bits per heavy atom. The van der Waals surface area contributed by atoms with Gasteiger partial charge < -0.3 is 15.2 Å². The van der Waals surface area contributed by atoms with Crippen molar-refractivity contribution in [2.45, 2.75) is 19.4 Å². The van der Waals surface area contributed by atoms with Gasteiger partial charge in [-0.1, -0.05) is 47.7 Å². The monoisotopic (exact) mass is 347 g/mol. The van der Waals surface area contributed by atoms with Crippen LogP contribution in [0.1, 0.15) is 18.4 Å². The molecular weight excluding hydrogens is 330 g/mol. The highest BCUT2D eigenvalue weighted by Crippen LogP contribution is 2.11. The molecule has 2 N–H and O–H groups in total. The third-order valence-electron chi connectivity index (χ3n) is 2.46. The summed E-state index contributed by atoms with van der Waals surface area (Å²) in [5.41, 5.74) is 1.11. The van der Waals surface area contributed by atoms with Crippen molar-refractivity contribution in [1.29, 1.82) is 0 Å². The highest BCUT2D eigenvalue weighted by Gasteiger charge is 2.03. The number of rotatable bonds is 8. The number of hydrogen-bond acceptors (Lipinski definition) is 5. The predicted octanol–water partition coefficient (Wildman–Crippen LogP) is 2.76. The van der Waals surface area contributed by atoms with Crippen LogP contribution >= 0.6 is 35.6 Å². The van der Waals surface area contributed by atoms with Crippen LogP contribution in [0, 0.1) is 0 Å². The number of carbonyl (C=O) groups excluding carboxylic acids is 1. The topological polar surface area (TPSA) is 58.6 Å². The fourth-order valence-corrected chi connectivity index (χ4v) is 2.54. The quantitative estimate of drug-likeness (QED) is 0.428. The van der Waals surface area contributed by atoms with Gasteiger partial charge in [-0.25, -0.2) is 0 Å². The standard InChI is InChI=1S/C14H18ClNO3S2/c15-12-5-3-11(4-6-12)10-16-14(20)21-9-1-2-13(18)19-8-7-17/h3-6,17H,1-2,7-10H2,(H,16,20). The lowest BCUT2D eigenvalue weighted by Gasteiger charge is -2.07. The van der Waals surface area contributed by atoms with Gasteiger partial charge in [-0.3, -0.25) is 4.79 Å². The van der Waals surface area contributed by atoms with Crippen LogP contribution in [0.4, 0.5) is 0 Å². The second kappa shape index (κ2) is 10.8. The highest BCUT2D eigenvalue weighted by atomic mass is 35.5. The van der Waals surface area contributed by atoms with E-state index in [0.717, 1.165) is 11.3 Å². The van der Waals surface area contributed by atoms with Crippen LogP contribution in [-0.4, -0.2) is 34.4 Å². The number of carbonyl (C=O) groups is 1. The van der Waals surface area contributed by atoms with Crippen LogP contribution in [0.2, 0.25) is 5.02 Å². The lowest BCUT2D eigenvalue weighted by molar-refractivity contribution is -0.144. The highest BCUT2D eigenvalue weighted by molar-refractivity contribution is 8.22. The molecule has 21 heavy (non-hydrogen) atoms. The van der Waals surface area contributed by atoms with Gasteiger partial charge in [0.2, 0.25) is 0 Å². The van der Waals surface area contributed by atoms with E-state index in [0.29, 0.717) is 28.7 Å². The molecule has 0 atom stereocenters. The lowest BCUT2D eigenvalue weighted by atomic mass is 10.2. The van der Waals surface area contributed by atoms with E-state index >= 15 is 0 Å². The van der Waals surface area contributed by atoms with Crippen LogP contribution in [0.15, 0.2) is 24.3 Å². The van der Waals surface area contributed by atoms with Crippen LogP contribution in [-0.2, 0) is 16.1 Å². The molecule has 0 amide bonds. The Hall–Kier alpha value is -0.820. The number of ether oxygens (including phenoxy) is 1. The van der Waals surface area contributed by atoms with Crippen LogP contribution < -0.4 is 5.32 Å². The van der Waals surface area contributed by atoms with Crippen LogP contribution in [0.25, 0.3) is 0 Å². The zero-order chi connectivity index (χ0) is 15.5. The lowest BCUT2D eigenvalue weighted by Crippen LogP contribution is -2.18. The summed E-state index contributed by atoms with van der Waals surface area (Å²) in [6, 6.07) is 7.57. The summed E-state index contributed by atoms with van der Waals surface area (Å²) in [5.74, 6) is 0.463. The van der Waals surface area contributed by atoms with Gasteiger partial charge in [0.15, 0.2) is 0 Å². The number of halogens is 1. The van der Waals surface area contributed by atoms with Gasteiger partial charge in [-0.15, -0.1) is 0 Å². The maximum atomic E-state index is 11.2. The number of esters is 1. The van der Waals surface area contributed by atoms with Gasteiger partial charge in [0.1, 0.15) is 10.9 Å². The molecule has 7 heteroatoms. The molecule has 0 bridgehead atoms. The summed E-state index contributed by atoms with van der Waals surface area (Å²) in [4.78, 5) is 11.2. The number of benzene rings is 1. The molecule has 0 aliphatic rings. The number of hydrogen-bond donors (Lipinski definition) is 2. The molecule has 0 aromatic heterocycles. The first-order chi connectivity index (χ1) is 10.1. The first-order valence-electron chi connectivity index (χ1n) is 6.53. The molecule has 0 saturated heterocycles. The van der Waals surface area contributed by atoms with E-state index in [9.17, 15) is 4.79 Å². The number of aliphatic hydroxyl groups is 1. The van der Waals surface area contributed by atoms with Crippen molar-refractivity contribution in [2.24, 2.45) is 0 Å². The SMILES string of the molecule is O=C(CCCSC(=S)NCc1ccc(Cl)cc1)OCCO. The van der Waals surface area contributed by atoms with Gasteiger partial charge in [-0.2, -0.15) is 0 Å². The van der Waals surface area contributed by atoms with E-state index in [1.807, 2.05) is 24.3 Å². The largest absolute Gasteiger partial charge is 0.463 e. The van der Waals surface area contributed by atoms with Gasteiger partial charge >= 0.3 is 5.97 Å². The van der Waals surface area contributed by atoms with Crippen molar-refractivity contribution >= 4 is 45.9 Å². The Balaban J connectivity index is 2.08. The summed E-state index contributed by atoms with van der Waals surface area (Å²) >= 11 is 12.5. The van der Waals surface area contributed by atoms with Crippen molar-refractivity contribution < 1.29 is 14.6 Å². The Bertz CT molecular complexity index is 454. The summed E-state index contributed by atoms with van der Waals surface area (Å²) in [6.45, 7) is 0.577. The minimum atomic E-state index is -0.287. The maximum Gasteiger partial charge on any atom is 0.305 e. The maximum absolute atomic E-state index is 11.2. The van der Waals surface area contributed by atoms with Crippen molar-refractivity contribution in [3.8, 4) is 0 Å².